The molecule has 20 heavy (non-hydrogen) atoms. The number of ether oxygens (including phenoxy) is 2. The van der Waals surface area contributed by atoms with Gasteiger partial charge in [-0.2, -0.15) is 0 Å². The Kier molecular flexibility index (Phi) is 6.36. The molecule has 0 saturated heterocycles. The van der Waals surface area contributed by atoms with Crippen molar-refractivity contribution in [1.82, 2.24) is 10.9 Å². The minimum atomic E-state index is -0.410. The monoisotopic (exact) mass is 280 g/mol. The lowest BCUT2D eigenvalue weighted by Crippen LogP contribution is -2.41. The van der Waals surface area contributed by atoms with E-state index in [4.69, 9.17) is 9.47 Å². The SMILES string of the molecule is CCCOc1ccc(C(=O)NNC(=O)CC)cc1OC. The molecule has 110 valence electrons. The van der Waals surface area contributed by atoms with Gasteiger partial charge in [0.25, 0.3) is 5.91 Å². The van der Waals surface area contributed by atoms with E-state index in [1.54, 1.807) is 25.1 Å². The number of methoxy groups -OCH3 is 1. The fraction of sp³-hybridized carbons (Fsp3) is 0.429. The van der Waals surface area contributed by atoms with Crippen molar-refractivity contribution in [1.29, 1.82) is 0 Å². The number of rotatable bonds is 6. The second-order valence-electron chi connectivity index (χ2n) is 4.07. The Labute approximate surface area is 118 Å². The molecule has 0 radical (unpaired) electrons. The van der Waals surface area contributed by atoms with Gasteiger partial charge in [0.2, 0.25) is 5.91 Å². The van der Waals surface area contributed by atoms with E-state index >= 15 is 0 Å². The standard InChI is InChI=1S/C14H20N2O4/c1-4-8-20-11-7-6-10(9-12(11)19-3)14(18)16-15-13(17)5-2/h6-7,9H,4-5,8H2,1-3H3,(H,15,17)(H,16,18). The average molecular weight is 280 g/mol. The number of carbonyl (C=O) groups is 2. The molecule has 0 aliphatic carbocycles. The van der Waals surface area contributed by atoms with E-state index in [1.165, 1.54) is 7.11 Å². The van der Waals surface area contributed by atoms with Crippen molar-refractivity contribution in [2.75, 3.05) is 13.7 Å². The van der Waals surface area contributed by atoms with Gasteiger partial charge in [0.1, 0.15) is 0 Å². The van der Waals surface area contributed by atoms with Crippen LogP contribution in [-0.4, -0.2) is 25.5 Å². The lowest BCUT2D eigenvalue weighted by atomic mass is 10.2. The molecule has 0 saturated carbocycles. The molecule has 0 spiro atoms. The predicted molar refractivity (Wildman–Crippen MR) is 74.7 cm³/mol. The zero-order valence-electron chi connectivity index (χ0n) is 12.0. The molecule has 0 fully saturated rings. The molecule has 0 aromatic heterocycles. The summed E-state index contributed by atoms with van der Waals surface area (Å²) in [6.45, 7) is 4.28. The fourth-order valence-corrected chi connectivity index (χ4v) is 1.43. The van der Waals surface area contributed by atoms with Crippen molar-refractivity contribution >= 4 is 11.8 Å². The summed E-state index contributed by atoms with van der Waals surface area (Å²) < 4.78 is 10.7. The van der Waals surface area contributed by atoms with E-state index < -0.39 is 5.91 Å². The number of benzene rings is 1. The second-order valence-corrected chi connectivity index (χ2v) is 4.07. The van der Waals surface area contributed by atoms with Crippen LogP contribution in [0, 0.1) is 0 Å². The number of nitrogens with one attached hydrogen (secondary N) is 2. The molecule has 2 N–H and O–H groups in total. The van der Waals surface area contributed by atoms with Crippen LogP contribution < -0.4 is 20.3 Å². The van der Waals surface area contributed by atoms with Crippen LogP contribution in [0.1, 0.15) is 37.0 Å². The zero-order chi connectivity index (χ0) is 15.0. The summed E-state index contributed by atoms with van der Waals surface area (Å²) in [6, 6.07) is 4.85. The molecular weight excluding hydrogens is 260 g/mol. The molecule has 1 aromatic rings. The van der Waals surface area contributed by atoms with E-state index in [9.17, 15) is 9.59 Å². The fourth-order valence-electron chi connectivity index (χ4n) is 1.43. The third-order valence-corrected chi connectivity index (χ3v) is 2.52. The van der Waals surface area contributed by atoms with Gasteiger partial charge in [0.05, 0.1) is 13.7 Å². The number of hydrazine groups is 1. The van der Waals surface area contributed by atoms with Gasteiger partial charge in [-0.1, -0.05) is 13.8 Å². The number of carbonyl (C=O) groups excluding carboxylic acids is 2. The Morgan fingerprint density at radius 2 is 1.90 bits per heavy atom. The second kappa shape index (κ2) is 8.04. The van der Waals surface area contributed by atoms with Crippen LogP contribution in [0.3, 0.4) is 0 Å². The number of hydrogen-bond donors (Lipinski definition) is 2. The molecule has 0 aliphatic heterocycles. The molecule has 0 unspecified atom stereocenters. The maximum absolute atomic E-state index is 11.8. The molecule has 0 aliphatic rings. The number of hydrogen-bond acceptors (Lipinski definition) is 4. The van der Waals surface area contributed by atoms with E-state index in [2.05, 4.69) is 10.9 Å². The highest BCUT2D eigenvalue weighted by molar-refractivity contribution is 5.95. The van der Waals surface area contributed by atoms with Crippen molar-refractivity contribution in [2.24, 2.45) is 0 Å². The topological polar surface area (TPSA) is 76.7 Å². The lowest BCUT2D eigenvalue weighted by molar-refractivity contribution is -0.121. The largest absolute Gasteiger partial charge is 0.493 e. The first-order valence-electron chi connectivity index (χ1n) is 6.52. The zero-order valence-corrected chi connectivity index (χ0v) is 12.0. The third kappa shape index (κ3) is 4.46. The van der Waals surface area contributed by atoms with Crippen LogP contribution in [0.15, 0.2) is 18.2 Å². The summed E-state index contributed by atoms with van der Waals surface area (Å²) in [5, 5.41) is 0. The van der Waals surface area contributed by atoms with Crippen LogP contribution in [-0.2, 0) is 4.79 Å². The average Bonchev–Trinajstić information content (AvgIpc) is 2.49. The van der Waals surface area contributed by atoms with Gasteiger partial charge in [-0.3, -0.25) is 20.4 Å². The maximum atomic E-state index is 11.8. The van der Waals surface area contributed by atoms with Gasteiger partial charge in [0.15, 0.2) is 11.5 Å². The lowest BCUT2D eigenvalue weighted by Gasteiger charge is -2.12. The summed E-state index contributed by atoms with van der Waals surface area (Å²) >= 11 is 0. The molecule has 0 bridgehead atoms. The van der Waals surface area contributed by atoms with Gasteiger partial charge in [0, 0.05) is 12.0 Å². The Balaban J connectivity index is 2.75. The summed E-state index contributed by atoms with van der Waals surface area (Å²) in [7, 11) is 1.51. The van der Waals surface area contributed by atoms with Gasteiger partial charge >= 0.3 is 0 Å². The molecule has 1 aromatic carbocycles. The smallest absolute Gasteiger partial charge is 0.269 e. The Morgan fingerprint density at radius 3 is 2.50 bits per heavy atom. The van der Waals surface area contributed by atoms with Crippen LogP contribution in [0.5, 0.6) is 11.5 Å². The van der Waals surface area contributed by atoms with Crippen LogP contribution in [0.25, 0.3) is 0 Å². The highest BCUT2D eigenvalue weighted by Crippen LogP contribution is 2.28. The normalized spacial score (nSPS) is 9.75. The van der Waals surface area contributed by atoms with Gasteiger partial charge in [-0.25, -0.2) is 0 Å². The van der Waals surface area contributed by atoms with Crippen LogP contribution in [0.2, 0.25) is 0 Å². The maximum Gasteiger partial charge on any atom is 0.269 e. The molecule has 6 nitrogen and oxygen atoms in total. The first kappa shape index (κ1) is 15.8. The first-order chi connectivity index (χ1) is 9.62. The highest BCUT2D eigenvalue weighted by Gasteiger charge is 2.11. The van der Waals surface area contributed by atoms with Gasteiger partial charge in [-0.15, -0.1) is 0 Å². The molecule has 2 amide bonds. The Morgan fingerprint density at radius 1 is 1.15 bits per heavy atom. The summed E-state index contributed by atoms with van der Waals surface area (Å²) in [4.78, 5) is 22.9. The van der Waals surface area contributed by atoms with E-state index in [-0.39, 0.29) is 5.91 Å². The van der Waals surface area contributed by atoms with Crippen molar-refractivity contribution in [3.05, 3.63) is 23.8 Å². The predicted octanol–water partition coefficient (Wildman–Crippen LogP) is 1.65. The molecule has 1 rings (SSSR count). The van der Waals surface area contributed by atoms with E-state index in [1.807, 2.05) is 6.92 Å². The van der Waals surface area contributed by atoms with Crippen molar-refractivity contribution in [3.8, 4) is 11.5 Å². The van der Waals surface area contributed by atoms with Crippen molar-refractivity contribution in [3.63, 3.8) is 0 Å². The van der Waals surface area contributed by atoms with E-state index in [0.29, 0.717) is 30.1 Å². The summed E-state index contributed by atoms with van der Waals surface area (Å²) in [5.41, 5.74) is 5.01. The minimum Gasteiger partial charge on any atom is -0.493 e. The van der Waals surface area contributed by atoms with Crippen molar-refractivity contribution in [2.45, 2.75) is 26.7 Å². The first-order valence-corrected chi connectivity index (χ1v) is 6.52. The highest BCUT2D eigenvalue weighted by atomic mass is 16.5. The van der Waals surface area contributed by atoms with Crippen molar-refractivity contribution < 1.29 is 19.1 Å². The van der Waals surface area contributed by atoms with E-state index in [0.717, 1.165) is 6.42 Å². The quantitative estimate of drug-likeness (QED) is 0.777. The van der Waals surface area contributed by atoms with Gasteiger partial charge in [-0.05, 0) is 24.6 Å². The van der Waals surface area contributed by atoms with Crippen LogP contribution >= 0.6 is 0 Å². The Bertz CT molecular complexity index is 474. The molecule has 6 heteroatoms. The number of amides is 2. The third-order valence-electron chi connectivity index (χ3n) is 2.52. The molecular formula is C14H20N2O4. The summed E-state index contributed by atoms with van der Waals surface area (Å²) in [6.07, 6.45) is 1.18. The minimum absolute atomic E-state index is 0.256. The molecule has 0 atom stereocenters. The Hall–Kier alpha value is -2.24. The van der Waals surface area contributed by atoms with Gasteiger partial charge < -0.3 is 9.47 Å². The molecule has 0 heterocycles. The van der Waals surface area contributed by atoms with Crippen LogP contribution in [0.4, 0.5) is 0 Å². The summed E-state index contributed by atoms with van der Waals surface area (Å²) in [5.74, 6) is 0.400.